The maximum atomic E-state index is 12.0. The van der Waals surface area contributed by atoms with Crippen molar-refractivity contribution in [3.63, 3.8) is 0 Å². The largest absolute Gasteiger partial charge is 0.495 e. The van der Waals surface area contributed by atoms with Crippen LogP contribution < -0.4 is 14.8 Å². The number of hydrogen-bond acceptors (Lipinski definition) is 3. The van der Waals surface area contributed by atoms with Crippen molar-refractivity contribution < 1.29 is 14.3 Å². The second-order valence-electron chi connectivity index (χ2n) is 5.09. The molecule has 0 saturated heterocycles. The van der Waals surface area contributed by atoms with Crippen LogP contribution in [-0.4, -0.2) is 19.6 Å². The lowest BCUT2D eigenvalue weighted by molar-refractivity contribution is -0.111. The van der Waals surface area contributed by atoms with Crippen LogP contribution >= 0.6 is 11.6 Å². The van der Waals surface area contributed by atoms with Gasteiger partial charge in [-0.1, -0.05) is 30.7 Å². The number of benzene rings is 2. The summed E-state index contributed by atoms with van der Waals surface area (Å²) in [7, 11) is 1.54. The zero-order valence-electron chi connectivity index (χ0n) is 13.7. The van der Waals surface area contributed by atoms with Gasteiger partial charge in [-0.2, -0.15) is 0 Å². The van der Waals surface area contributed by atoms with E-state index in [9.17, 15) is 4.79 Å². The van der Waals surface area contributed by atoms with Crippen LogP contribution in [0.4, 0.5) is 5.69 Å². The van der Waals surface area contributed by atoms with E-state index in [4.69, 9.17) is 21.1 Å². The minimum Gasteiger partial charge on any atom is -0.495 e. The van der Waals surface area contributed by atoms with E-state index in [1.165, 1.54) is 6.08 Å². The Balaban J connectivity index is 1.93. The van der Waals surface area contributed by atoms with E-state index in [0.29, 0.717) is 23.1 Å². The van der Waals surface area contributed by atoms with Crippen molar-refractivity contribution in [3.8, 4) is 11.5 Å². The van der Waals surface area contributed by atoms with Crippen molar-refractivity contribution >= 4 is 29.3 Å². The summed E-state index contributed by atoms with van der Waals surface area (Å²) in [5, 5.41) is 3.20. The van der Waals surface area contributed by atoms with Crippen molar-refractivity contribution in [2.75, 3.05) is 19.0 Å². The molecule has 126 valence electrons. The minimum absolute atomic E-state index is 0.234. The second-order valence-corrected chi connectivity index (χ2v) is 5.50. The first-order valence-electron chi connectivity index (χ1n) is 7.68. The quantitative estimate of drug-likeness (QED) is 0.734. The van der Waals surface area contributed by atoms with Gasteiger partial charge in [0.25, 0.3) is 0 Å². The molecule has 2 aromatic carbocycles. The summed E-state index contributed by atoms with van der Waals surface area (Å²) in [5.41, 5.74) is 1.53. The number of methoxy groups -OCH3 is 1. The zero-order valence-corrected chi connectivity index (χ0v) is 14.5. The summed E-state index contributed by atoms with van der Waals surface area (Å²) in [6, 6.07) is 12.7. The number of anilines is 1. The van der Waals surface area contributed by atoms with E-state index >= 15 is 0 Å². The molecule has 0 spiro atoms. The van der Waals surface area contributed by atoms with Gasteiger partial charge in [0.2, 0.25) is 5.91 Å². The van der Waals surface area contributed by atoms with Gasteiger partial charge in [0.1, 0.15) is 11.5 Å². The highest BCUT2D eigenvalue weighted by Gasteiger charge is 2.03. The second kappa shape index (κ2) is 8.99. The number of hydrogen-bond donors (Lipinski definition) is 1. The third-order valence-corrected chi connectivity index (χ3v) is 3.49. The maximum Gasteiger partial charge on any atom is 0.248 e. The molecule has 1 N–H and O–H groups in total. The minimum atomic E-state index is -0.234. The highest BCUT2D eigenvalue weighted by Crippen LogP contribution is 2.27. The van der Waals surface area contributed by atoms with E-state index in [1.54, 1.807) is 31.4 Å². The molecular weight excluding hydrogens is 326 g/mol. The van der Waals surface area contributed by atoms with Gasteiger partial charge in [0.05, 0.1) is 18.7 Å². The lowest BCUT2D eigenvalue weighted by Gasteiger charge is -2.06. The van der Waals surface area contributed by atoms with Gasteiger partial charge >= 0.3 is 0 Å². The Bertz CT molecular complexity index is 711. The summed E-state index contributed by atoms with van der Waals surface area (Å²) in [4.78, 5) is 12.0. The lowest BCUT2D eigenvalue weighted by Crippen LogP contribution is -2.07. The van der Waals surface area contributed by atoms with Gasteiger partial charge in [0.15, 0.2) is 0 Å². The highest BCUT2D eigenvalue weighted by atomic mass is 35.5. The molecule has 2 aromatic rings. The summed E-state index contributed by atoms with van der Waals surface area (Å²) in [5.74, 6) is 1.16. The molecule has 4 nitrogen and oxygen atoms in total. The van der Waals surface area contributed by atoms with E-state index in [-0.39, 0.29) is 5.91 Å². The van der Waals surface area contributed by atoms with Crippen molar-refractivity contribution in [2.24, 2.45) is 0 Å². The first-order valence-corrected chi connectivity index (χ1v) is 8.05. The number of carbonyl (C=O) groups is 1. The summed E-state index contributed by atoms with van der Waals surface area (Å²) in [6.07, 6.45) is 4.18. The van der Waals surface area contributed by atoms with Crippen LogP contribution in [0.1, 0.15) is 18.9 Å². The Morgan fingerprint density at radius 2 is 1.96 bits per heavy atom. The topological polar surface area (TPSA) is 47.6 Å². The molecule has 1 amide bonds. The zero-order chi connectivity index (χ0) is 17.4. The molecule has 0 bridgehead atoms. The van der Waals surface area contributed by atoms with Gasteiger partial charge in [-0.05, 0) is 48.4 Å². The number of halogens is 1. The van der Waals surface area contributed by atoms with Crippen molar-refractivity contribution in [2.45, 2.75) is 13.3 Å². The molecule has 0 aliphatic heterocycles. The first-order chi connectivity index (χ1) is 11.6. The summed E-state index contributed by atoms with van der Waals surface area (Å²) >= 11 is 6.03. The smallest absolute Gasteiger partial charge is 0.248 e. The van der Waals surface area contributed by atoms with Crippen LogP contribution in [0.5, 0.6) is 11.5 Å². The van der Waals surface area contributed by atoms with Crippen LogP contribution in [0.15, 0.2) is 48.5 Å². The molecule has 0 radical (unpaired) electrons. The molecule has 0 heterocycles. The number of rotatable bonds is 7. The fraction of sp³-hybridized carbons (Fsp3) is 0.211. The van der Waals surface area contributed by atoms with Gasteiger partial charge in [-0.3, -0.25) is 4.79 Å². The monoisotopic (exact) mass is 345 g/mol. The molecule has 0 aliphatic carbocycles. The average molecular weight is 346 g/mol. The average Bonchev–Trinajstić information content (AvgIpc) is 2.59. The van der Waals surface area contributed by atoms with Gasteiger partial charge in [-0.15, -0.1) is 0 Å². The molecule has 0 unspecified atom stereocenters. The number of amides is 1. The Morgan fingerprint density at radius 3 is 2.58 bits per heavy atom. The Morgan fingerprint density at radius 1 is 1.21 bits per heavy atom. The molecule has 0 aliphatic rings. The Hall–Kier alpha value is -2.46. The normalized spacial score (nSPS) is 10.6. The van der Waals surface area contributed by atoms with Crippen molar-refractivity contribution in [1.82, 2.24) is 0 Å². The number of nitrogens with one attached hydrogen (secondary N) is 1. The fourth-order valence-corrected chi connectivity index (χ4v) is 2.25. The van der Waals surface area contributed by atoms with Crippen LogP contribution in [0, 0.1) is 0 Å². The third kappa shape index (κ3) is 5.32. The molecule has 5 heteroatoms. The van der Waals surface area contributed by atoms with Gasteiger partial charge < -0.3 is 14.8 Å². The predicted octanol–water partition coefficient (Wildman–Crippen LogP) is 4.79. The molecule has 0 fully saturated rings. The van der Waals surface area contributed by atoms with Gasteiger partial charge in [-0.25, -0.2) is 0 Å². The lowest BCUT2D eigenvalue weighted by atomic mass is 10.2. The van der Waals surface area contributed by atoms with Crippen molar-refractivity contribution in [3.05, 3.63) is 59.1 Å². The van der Waals surface area contributed by atoms with Gasteiger partial charge in [0, 0.05) is 11.8 Å². The number of carbonyl (C=O) groups excluding carboxylic acids is 1. The molecule has 24 heavy (non-hydrogen) atoms. The van der Waals surface area contributed by atoms with E-state index in [1.807, 2.05) is 24.3 Å². The SMILES string of the molecule is CCCOc1ccc(C=CC(=O)Nc2ccc(OC)c(Cl)c2)cc1. The molecule has 0 saturated carbocycles. The maximum absolute atomic E-state index is 12.0. The predicted molar refractivity (Wildman–Crippen MR) is 97.9 cm³/mol. The first kappa shape index (κ1) is 17.9. The Kier molecular flexibility index (Phi) is 6.70. The molecule has 0 atom stereocenters. The highest BCUT2D eigenvalue weighted by molar-refractivity contribution is 6.32. The standard InChI is InChI=1S/C19H20ClNO3/c1-3-12-24-16-8-4-14(5-9-16)6-11-19(22)21-15-7-10-18(23-2)17(20)13-15/h4-11,13H,3,12H2,1-2H3,(H,21,22). The molecule has 2 rings (SSSR count). The van der Waals surface area contributed by atoms with E-state index in [0.717, 1.165) is 17.7 Å². The summed E-state index contributed by atoms with van der Waals surface area (Å²) < 4.78 is 10.6. The summed E-state index contributed by atoms with van der Waals surface area (Å²) in [6.45, 7) is 2.76. The Labute approximate surface area is 147 Å². The van der Waals surface area contributed by atoms with E-state index in [2.05, 4.69) is 12.2 Å². The van der Waals surface area contributed by atoms with Crippen LogP contribution in [0.25, 0.3) is 6.08 Å². The van der Waals surface area contributed by atoms with Crippen LogP contribution in [0.2, 0.25) is 5.02 Å². The van der Waals surface area contributed by atoms with Crippen molar-refractivity contribution in [1.29, 1.82) is 0 Å². The third-order valence-electron chi connectivity index (χ3n) is 3.20. The fourth-order valence-electron chi connectivity index (χ4n) is 2.00. The molecule has 0 aromatic heterocycles. The van der Waals surface area contributed by atoms with E-state index < -0.39 is 0 Å². The number of ether oxygens (including phenoxy) is 2. The van der Waals surface area contributed by atoms with Crippen LogP contribution in [0.3, 0.4) is 0 Å². The molecular formula is C19H20ClNO3. The van der Waals surface area contributed by atoms with Crippen LogP contribution in [-0.2, 0) is 4.79 Å².